The van der Waals surface area contributed by atoms with Crippen molar-refractivity contribution in [2.24, 2.45) is 17.3 Å². The molecule has 1 N–H and O–H groups in total. The molecule has 18 heavy (non-hydrogen) atoms. The van der Waals surface area contributed by atoms with Gasteiger partial charge in [0.1, 0.15) is 0 Å². The molecular formula is C16H32N2. The lowest BCUT2D eigenvalue weighted by Gasteiger charge is -2.36. The quantitative estimate of drug-likeness (QED) is 0.827. The Morgan fingerprint density at radius 1 is 1.17 bits per heavy atom. The third-order valence-corrected chi connectivity index (χ3v) is 5.27. The van der Waals surface area contributed by atoms with E-state index >= 15 is 0 Å². The Morgan fingerprint density at radius 2 is 1.83 bits per heavy atom. The summed E-state index contributed by atoms with van der Waals surface area (Å²) in [7, 11) is 0. The van der Waals surface area contributed by atoms with Gasteiger partial charge in [0.2, 0.25) is 0 Å². The van der Waals surface area contributed by atoms with Crippen molar-refractivity contribution >= 4 is 0 Å². The number of hydrogen-bond donors (Lipinski definition) is 1. The van der Waals surface area contributed by atoms with E-state index in [1.54, 1.807) is 0 Å². The van der Waals surface area contributed by atoms with Crippen molar-refractivity contribution in [3.63, 3.8) is 0 Å². The number of rotatable bonds is 4. The number of nitrogens with one attached hydrogen (secondary N) is 1. The molecular weight excluding hydrogens is 220 g/mol. The third kappa shape index (κ3) is 3.27. The van der Waals surface area contributed by atoms with Gasteiger partial charge in [-0.25, -0.2) is 0 Å². The van der Waals surface area contributed by atoms with Gasteiger partial charge in [0, 0.05) is 12.6 Å². The predicted octanol–water partition coefficient (Wildman–Crippen LogP) is 3.13. The number of piperidine rings is 1. The average Bonchev–Trinajstić information content (AvgIpc) is 2.60. The molecule has 0 radical (unpaired) electrons. The second-order valence-corrected chi connectivity index (χ2v) is 7.31. The van der Waals surface area contributed by atoms with E-state index in [1.807, 2.05) is 0 Å². The molecule has 2 atom stereocenters. The summed E-state index contributed by atoms with van der Waals surface area (Å²) in [4.78, 5) is 2.72. The van der Waals surface area contributed by atoms with Crippen LogP contribution in [0.5, 0.6) is 0 Å². The highest BCUT2D eigenvalue weighted by Gasteiger charge is 2.41. The minimum Gasteiger partial charge on any atom is -0.313 e. The number of likely N-dealkylation sites (tertiary alicyclic amines) is 1. The van der Waals surface area contributed by atoms with Gasteiger partial charge in [-0.2, -0.15) is 0 Å². The van der Waals surface area contributed by atoms with E-state index in [4.69, 9.17) is 0 Å². The minimum absolute atomic E-state index is 0.490. The SMILES string of the molecule is CCNC1C(CN2CCC(C)CC2)CCC1(C)C. The zero-order valence-electron chi connectivity index (χ0n) is 12.8. The van der Waals surface area contributed by atoms with Crippen molar-refractivity contribution in [1.82, 2.24) is 10.2 Å². The monoisotopic (exact) mass is 252 g/mol. The van der Waals surface area contributed by atoms with Gasteiger partial charge in [-0.15, -0.1) is 0 Å². The van der Waals surface area contributed by atoms with Crippen molar-refractivity contribution in [2.75, 3.05) is 26.2 Å². The van der Waals surface area contributed by atoms with Crippen molar-refractivity contribution in [3.05, 3.63) is 0 Å². The number of nitrogens with zero attached hydrogens (tertiary/aromatic N) is 1. The van der Waals surface area contributed by atoms with E-state index in [0.717, 1.165) is 24.4 Å². The molecule has 0 aromatic carbocycles. The molecule has 1 aliphatic heterocycles. The zero-order valence-corrected chi connectivity index (χ0v) is 12.8. The Kier molecular flexibility index (Phi) is 4.71. The van der Waals surface area contributed by atoms with E-state index in [0.29, 0.717) is 5.41 Å². The van der Waals surface area contributed by atoms with Gasteiger partial charge in [0.05, 0.1) is 0 Å². The van der Waals surface area contributed by atoms with E-state index in [9.17, 15) is 0 Å². The maximum atomic E-state index is 3.76. The lowest BCUT2D eigenvalue weighted by molar-refractivity contribution is 0.145. The molecule has 2 heteroatoms. The highest BCUT2D eigenvalue weighted by atomic mass is 15.1. The summed E-state index contributed by atoms with van der Waals surface area (Å²) in [5.41, 5.74) is 0.490. The van der Waals surface area contributed by atoms with Crippen molar-refractivity contribution < 1.29 is 0 Å². The van der Waals surface area contributed by atoms with Gasteiger partial charge < -0.3 is 10.2 Å². The Labute approximate surface area is 114 Å². The van der Waals surface area contributed by atoms with Crippen molar-refractivity contribution in [2.45, 2.75) is 59.4 Å². The Balaban J connectivity index is 1.88. The van der Waals surface area contributed by atoms with Crippen LogP contribution in [0.2, 0.25) is 0 Å². The Morgan fingerprint density at radius 3 is 2.44 bits per heavy atom. The van der Waals surface area contributed by atoms with E-state index in [-0.39, 0.29) is 0 Å². The largest absolute Gasteiger partial charge is 0.313 e. The molecule has 0 aromatic rings. The molecule has 2 fully saturated rings. The van der Waals surface area contributed by atoms with Gasteiger partial charge in [-0.05, 0) is 62.6 Å². The van der Waals surface area contributed by atoms with E-state index < -0.39 is 0 Å². The Hall–Kier alpha value is -0.0800. The van der Waals surface area contributed by atoms with Gasteiger partial charge in [-0.3, -0.25) is 0 Å². The topological polar surface area (TPSA) is 15.3 Å². The number of hydrogen-bond acceptors (Lipinski definition) is 2. The molecule has 2 nitrogen and oxygen atoms in total. The van der Waals surface area contributed by atoms with E-state index in [1.165, 1.54) is 45.3 Å². The standard InChI is InChI=1S/C16H32N2/c1-5-17-15-14(6-9-16(15,3)4)12-18-10-7-13(2)8-11-18/h13-15,17H,5-12H2,1-4H3. The summed E-state index contributed by atoms with van der Waals surface area (Å²) in [6, 6.07) is 0.724. The van der Waals surface area contributed by atoms with Crippen molar-refractivity contribution in [3.8, 4) is 0 Å². The fourth-order valence-corrected chi connectivity index (χ4v) is 3.95. The van der Waals surface area contributed by atoms with Crippen LogP contribution in [0.15, 0.2) is 0 Å². The molecule has 1 saturated heterocycles. The van der Waals surface area contributed by atoms with Crippen LogP contribution in [0.1, 0.15) is 53.4 Å². The fourth-order valence-electron chi connectivity index (χ4n) is 3.95. The summed E-state index contributed by atoms with van der Waals surface area (Å²) in [6.07, 6.45) is 5.61. The maximum absolute atomic E-state index is 3.76. The van der Waals surface area contributed by atoms with Gasteiger partial charge in [-0.1, -0.05) is 27.7 Å². The predicted molar refractivity (Wildman–Crippen MR) is 78.8 cm³/mol. The van der Waals surface area contributed by atoms with Crippen LogP contribution in [0.25, 0.3) is 0 Å². The first kappa shape index (κ1) is 14.3. The first-order valence-electron chi connectivity index (χ1n) is 7.98. The summed E-state index contributed by atoms with van der Waals surface area (Å²) in [5.74, 6) is 1.82. The molecule has 2 unspecified atom stereocenters. The summed E-state index contributed by atoms with van der Waals surface area (Å²) in [6.45, 7) is 14.6. The molecule has 1 aliphatic carbocycles. The molecule has 0 aromatic heterocycles. The van der Waals surface area contributed by atoms with Gasteiger partial charge in [0.25, 0.3) is 0 Å². The second-order valence-electron chi connectivity index (χ2n) is 7.31. The summed E-state index contributed by atoms with van der Waals surface area (Å²) < 4.78 is 0. The molecule has 0 bridgehead atoms. The first-order chi connectivity index (χ1) is 8.53. The summed E-state index contributed by atoms with van der Waals surface area (Å²) in [5, 5.41) is 3.76. The highest BCUT2D eigenvalue weighted by molar-refractivity contribution is 4.97. The van der Waals surface area contributed by atoms with Crippen LogP contribution in [0.4, 0.5) is 0 Å². The lowest BCUT2D eigenvalue weighted by Crippen LogP contribution is -2.46. The van der Waals surface area contributed by atoms with Crippen LogP contribution in [0.3, 0.4) is 0 Å². The lowest BCUT2D eigenvalue weighted by atomic mass is 9.84. The summed E-state index contributed by atoms with van der Waals surface area (Å²) >= 11 is 0. The molecule has 2 aliphatic rings. The molecule has 106 valence electrons. The van der Waals surface area contributed by atoms with Crippen LogP contribution in [0, 0.1) is 17.3 Å². The van der Waals surface area contributed by atoms with Crippen LogP contribution < -0.4 is 5.32 Å². The van der Waals surface area contributed by atoms with Crippen LogP contribution in [-0.2, 0) is 0 Å². The third-order valence-electron chi connectivity index (χ3n) is 5.27. The van der Waals surface area contributed by atoms with Crippen LogP contribution >= 0.6 is 0 Å². The average molecular weight is 252 g/mol. The van der Waals surface area contributed by atoms with E-state index in [2.05, 4.69) is 37.9 Å². The minimum atomic E-state index is 0.490. The molecule has 0 amide bonds. The van der Waals surface area contributed by atoms with Gasteiger partial charge >= 0.3 is 0 Å². The van der Waals surface area contributed by atoms with Crippen LogP contribution in [-0.4, -0.2) is 37.1 Å². The fraction of sp³-hybridized carbons (Fsp3) is 1.00. The smallest absolute Gasteiger partial charge is 0.0159 e. The van der Waals surface area contributed by atoms with Gasteiger partial charge in [0.15, 0.2) is 0 Å². The highest BCUT2D eigenvalue weighted by Crippen LogP contribution is 2.41. The first-order valence-corrected chi connectivity index (χ1v) is 7.98. The molecule has 0 spiro atoms. The molecule has 2 rings (SSSR count). The molecule has 1 saturated carbocycles. The Bertz CT molecular complexity index is 254. The molecule has 1 heterocycles. The zero-order chi connectivity index (χ0) is 13.2. The van der Waals surface area contributed by atoms with Crippen molar-refractivity contribution in [1.29, 1.82) is 0 Å². The second kappa shape index (κ2) is 5.92. The maximum Gasteiger partial charge on any atom is 0.0159 e. The normalized spacial score (nSPS) is 34.0.